The zero-order valence-corrected chi connectivity index (χ0v) is 15.3. The molecule has 0 aliphatic heterocycles. The number of benzene rings is 2. The van der Waals surface area contributed by atoms with E-state index in [0.717, 1.165) is 9.37 Å². The topological polar surface area (TPSA) is 49.4 Å². The van der Waals surface area contributed by atoms with Crippen LogP contribution in [0.2, 0.25) is 0 Å². The second-order valence-corrected chi connectivity index (χ2v) is 7.04. The highest BCUT2D eigenvalue weighted by Crippen LogP contribution is 2.22. The molecule has 23 heavy (non-hydrogen) atoms. The summed E-state index contributed by atoms with van der Waals surface area (Å²) in [6, 6.07) is 14.7. The van der Waals surface area contributed by atoms with Crippen LogP contribution in [0.4, 0.5) is 5.69 Å². The van der Waals surface area contributed by atoms with E-state index in [9.17, 15) is 9.59 Å². The maximum Gasteiger partial charge on any atom is 0.253 e. The molecular weight excluding hydrogens is 376 g/mol. The van der Waals surface area contributed by atoms with E-state index in [0.29, 0.717) is 17.0 Å². The minimum atomic E-state index is -0.107. The Hall–Kier alpha value is -1.79. The highest BCUT2D eigenvalue weighted by molar-refractivity contribution is 9.10. The first-order valence-corrected chi connectivity index (χ1v) is 8.73. The van der Waals surface area contributed by atoms with Crippen molar-refractivity contribution in [2.24, 2.45) is 0 Å². The summed E-state index contributed by atoms with van der Waals surface area (Å²) in [4.78, 5) is 26.5. The van der Waals surface area contributed by atoms with Gasteiger partial charge >= 0.3 is 0 Å². The Labute approximate surface area is 148 Å². The van der Waals surface area contributed by atoms with Gasteiger partial charge in [0, 0.05) is 34.7 Å². The summed E-state index contributed by atoms with van der Waals surface area (Å²) < 4.78 is 0.984. The Morgan fingerprint density at radius 3 is 2.57 bits per heavy atom. The molecule has 6 heteroatoms. The molecule has 0 heterocycles. The summed E-state index contributed by atoms with van der Waals surface area (Å²) in [5.41, 5.74) is 1.17. The van der Waals surface area contributed by atoms with Gasteiger partial charge in [-0.15, -0.1) is 11.8 Å². The Bertz CT molecular complexity index is 719. The minimum absolute atomic E-state index is 0.0930. The molecule has 0 bridgehead atoms. The predicted molar refractivity (Wildman–Crippen MR) is 98.0 cm³/mol. The molecule has 0 radical (unpaired) electrons. The average Bonchev–Trinajstić information content (AvgIpc) is 2.52. The van der Waals surface area contributed by atoms with Crippen molar-refractivity contribution in [1.82, 2.24) is 4.90 Å². The van der Waals surface area contributed by atoms with Gasteiger partial charge in [-0.05, 0) is 36.4 Å². The number of anilines is 1. The third kappa shape index (κ3) is 5.41. The predicted octanol–water partition coefficient (Wildman–Crippen LogP) is 3.88. The lowest BCUT2D eigenvalue weighted by molar-refractivity contribution is -0.113. The van der Waals surface area contributed by atoms with E-state index >= 15 is 0 Å². The molecule has 0 fully saturated rings. The fraction of sp³-hybridized carbons (Fsp3) is 0.176. The van der Waals surface area contributed by atoms with Crippen LogP contribution in [0.5, 0.6) is 0 Å². The van der Waals surface area contributed by atoms with Crippen molar-refractivity contribution in [1.29, 1.82) is 0 Å². The number of nitrogens with one attached hydrogen (secondary N) is 1. The lowest BCUT2D eigenvalue weighted by Gasteiger charge is -2.11. The van der Waals surface area contributed by atoms with Gasteiger partial charge < -0.3 is 10.2 Å². The zero-order chi connectivity index (χ0) is 16.8. The number of hydrogen-bond donors (Lipinski definition) is 1. The van der Waals surface area contributed by atoms with E-state index in [4.69, 9.17) is 0 Å². The van der Waals surface area contributed by atoms with Gasteiger partial charge in [-0.3, -0.25) is 9.59 Å². The largest absolute Gasteiger partial charge is 0.345 e. The molecule has 0 aromatic heterocycles. The summed E-state index contributed by atoms with van der Waals surface area (Å²) in [7, 11) is 3.39. The van der Waals surface area contributed by atoms with Crippen molar-refractivity contribution in [3.63, 3.8) is 0 Å². The maximum absolute atomic E-state index is 12.0. The molecule has 2 aromatic carbocycles. The van der Waals surface area contributed by atoms with Crippen LogP contribution in [-0.2, 0) is 4.79 Å². The lowest BCUT2D eigenvalue weighted by Crippen LogP contribution is -2.22. The molecule has 0 spiro atoms. The third-order valence-electron chi connectivity index (χ3n) is 2.97. The summed E-state index contributed by atoms with van der Waals surface area (Å²) >= 11 is 4.87. The first-order chi connectivity index (χ1) is 11.0. The van der Waals surface area contributed by atoms with E-state index in [1.807, 2.05) is 24.3 Å². The first-order valence-electron chi connectivity index (χ1n) is 6.95. The van der Waals surface area contributed by atoms with Crippen molar-refractivity contribution in [3.8, 4) is 0 Å². The van der Waals surface area contributed by atoms with Crippen molar-refractivity contribution in [2.75, 3.05) is 25.2 Å². The standard InChI is InChI=1S/C17H17BrN2O2S/c1-20(2)17(22)12-5-3-7-14(9-12)19-16(21)11-23-15-8-4-6-13(18)10-15/h3-10H,11H2,1-2H3,(H,19,21). The number of carbonyl (C=O) groups is 2. The number of rotatable bonds is 5. The molecule has 0 atom stereocenters. The fourth-order valence-electron chi connectivity index (χ4n) is 1.89. The van der Waals surface area contributed by atoms with E-state index < -0.39 is 0 Å². The minimum Gasteiger partial charge on any atom is -0.345 e. The maximum atomic E-state index is 12.0. The smallest absolute Gasteiger partial charge is 0.253 e. The number of thioether (sulfide) groups is 1. The number of nitrogens with zero attached hydrogens (tertiary/aromatic N) is 1. The number of hydrogen-bond acceptors (Lipinski definition) is 3. The number of halogens is 1. The second-order valence-electron chi connectivity index (χ2n) is 5.07. The summed E-state index contributed by atoms with van der Waals surface area (Å²) in [6.45, 7) is 0. The highest BCUT2D eigenvalue weighted by Gasteiger charge is 2.09. The van der Waals surface area contributed by atoms with E-state index in [2.05, 4.69) is 21.2 Å². The van der Waals surface area contributed by atoms with Gasteiger partial charge in [0.2, 0.25) is 5.91 Å². The van der Waals surface area contributed by atoms with E-state index in [-0.39, 0.29) is 11.8 Å². The summed E-state index contributed by atoms with van der Waals surface area (Å²) in [5.74, 6) is 0.108. The molecule has 0 saturated carbocycles. The van der Waals surface area contributed by atoms with Crippen LogP contribution in [0, 0.1) is 0 Å². The van der Waals surface area contributed by atoms with Gasteiger partial charge in [0.15, 0.2) is 0 Å². The van der Waals surface area contributed by atoms with Crippen LogP contribution in [0.25, 0.3) is 0 Å². The molecule has 2 rings (SSSR count). The van der Waals surface area contributed by atoms with Gasteiger partial charge in [0.1, 0.15) is 0 Å². The Balaban J connectivity index is 1.95. The van der Waals surface area contributed by atoms with Crippen LogP contribution in [0.1, 0.15) is 10.4 Å². The van der Waals surface area contributed by atoms with Crippen molar-refractivity contribution in [3.05, 3.63) is 58.6 Å². The monoisotopic (exact) mass is 392 g/mol. The van der Waals surface area contributed by atoms with Crippen LogP contribution < -0.4 is 5.32 Å². The molecular formula is C17H17BrN2O2S. The average molecular weight is 393 g/mol. The quantitative estimate of drug-likeness (QED) is 0.785. The SMILES string of the molecule is CN(C)C(=O)c1cccc(NC(=O)CSc2cccc(Br)c2)c1. The van der Waals surface area contributed by atoms with Crippen molar-refractivity contribution in [2.45, 2.75) is 4.90 Å². The van der Waals surface area contributed by atoms with Gasteiger partial charge in [0.05, 0.1) is 5.75 Å². The van der Waals surface area contributed by atoms with Gasteiger partial charge in [-0.25, -0.2) is 0 Å². The molecule has 0 unspecified atom stereocenters. The van der Waals surface area contributed by atoms with E-state index in [1.54, 1.807) is 38.4 Å². The normalized spacial score (nSPS) is 10.2. The lowest BCUT2D eigenvalue weighted by atomic mass is 10.2. The Kier molecular flexibility index (Phi) is 6.24. The Morgan fingerprint density at radius 2 is 1.87 bits per heavy atom. The molecule has 4 nitrogen and oxygen atoms in total. The molecule has 0 aliphatic carbocycles. The van der Waals surface area contributed by atoms with Gasteiger partial charge in [-0.1, -0.05) is 28.1 Å². The van der Waals surface area contributed by atoms with Gasteiger partial charge in [-0.2, -0.15) is 0 Å². The number of amides is 2. The summed E-state index contributed by atoms with van der Waals surface area (Å²) in [6.07, 6.45) is 0. The fourth-order valence-corrected chi connectivity index (χ4v) is 3.20. The number of carbonyl (C=O) groups excluding carboxylic acids is 2. The molecule has 2 aromatic rings. The van der Waals surface area contributed by atoms with Crippen molar-refractivity contribution >= 4 is 45.2 Å². The molecule has 1 N–H and O–H groups in total. The first kappa shape index (κ1) is 17.6. The van der Waals surface area contributed by atoms with E-state index in [1.165, 1.54) is 16.7 Å². The molecule has 120 valence electrons. The van der Waals surface area contributed by atoms with Crippen LogP contribution in [-0.4, -0.2) is 36.6 Å². The zero-order valence-electron chi connectivity index (χ0n) is 12.9. The molecule has 0 aliphatic rings. The van der Waals surface area contributed by atoms with Crippen LogP contribution in [0.15, 0.2) is 57.9 Å². The highest BCUT2D eigenvalue weighted by atomic mass is 79.9. The van der Waals surface area contributed by atoms with Gasteiger partial charge in [0.25, 0.3) is 5.91 Å². The Morgan fingerprint density at radius 1 is 1.13 bits per heavy atom. The summed E-state index contributed by atoms with van der Waals surface area (Å²) in [5, 5.41) is 2.82. The molecule has 2 amide bonds. The van der Waals surface area contributed by atoms with Crippen molar-refractivity contribution < 1.29 is 9.59 Å². The second kappa shape index (κ2) is 8.17. The van der Waals surface area contributed by atoms with Crippen LogP contribution >= 0.6 is 27.7 Å². The molecule has 0 saturated heterocycles. The third-order valence-corrected chi connectivity index (χ3v) is 4.45. The van der Waals surface area contributed by atoms with Crippen LogP contribution in [0.3, 0.4) is 0 Å².